The molecular formula is C10H14N2O2. The van der Waals surface area contributed by atoms with E-state index in [4.69, 9.17) is 10.8 Å². The first-order valence-corrected chi connectivity index (χ1v) is 4.41. The molecule has 4 heteroatoms. The summed E-state index contributed by atoms with van der Waals surface area (Å²) in [7, 11) is 0. The standard InChI is InChI=1S/C10H14N2O2/c1-7(11)9-5-3-2-4-8(9)6-12-10(13)14/h2-5,7,12H,6,11H2,1H3,(H,13,14). The monoisotopic (exact) mass is 194 g/mol. The summed E-state index contributed by atoms with van der Waals surface area (Å²) in [5, 5.41) is 10.8. The maximum atomic E-state index is 10.3. The third-order valence-corrected chi connectivity index (χ3v) is 1.98. The number of amides is 1. The number of carboxylic acid groups (broad SMARTS) is 1. The normalized spacial score (nSPS) is 12.1. The number of nitrogens with one attached hydrogen (secondary N) is 1. The van der Waals surface area contributed by atoms with E-state index >= 15 is 0 Å². The third-order valence-electron chi connectivity index (χ3n) is 1.98. The zero-order valence-electron chi connectivity index (χ0n) is 8.03. The molecule has 1 aromatic carbocycles. The lowest BCUT2D eigenvalue weighted by Gasteiger charge is -2.11. The average Bonchev–Trinajstić information content (AvgIpc) is 2.15. The van der Waals surface area contributed by atoms with Gasteiger partial charge in [-0.05, 0) is 18.1 Å². The van der Waals surface area contributed by atoms with Gasteiger partial charge in [-0.3, -0.25) is 0 Å². The molecule has 1 atom stereocenters. The predicted octanol–water partition coefficient (Wildman–Crippen LogP) is 1.47. The Labute approximate surface area is 82.7 Å². The predicted molar refractivity (Wildman–Crippen MR) is 53.9 cm³/mol. The van der Waals surface area contributed by atoms with Crippen LogP contribution in [0.3, 0.4) is 0 Å². The fourth-order valence-electron chi connectivity index (χ4n) is 1.31. The Morgan fingerprint density at radius 3 is 2.79 bits per heavy atom. The summed E-state index contributed by atoms with van der Waals surface area (Å²) in [6.45, 7) is 2.17. The molecule has 0 aliphatic heterocycles. The van der Waals surface area contributed by atoms with Gasteiger partial charge in [0.1, 0.15) is 0 Å². The Kier molecular flexibility index (Phi) is 3.48. The minimum Gasteiger partial charge on any atom is -0.465 e. The highest BCUT2D eigenvalue weighted by atomic mass is 16.4. The van der Waals surface area contributed by atoms with Crippen LogP contribution in [0.5, 0.6) is 0 Å². The molecule has 14 heavy (non-hydrogen) atoms. The topological polar surface area (TPSA) is 75.3 Å². The van der Waals surface area contributed by atoms with Crippen LogP contribution in [0.15, 0.2) is 24.3 Å². The smallest absolute Gasteiger partial charge is 0.404 e. The van der Waals surface area contributed by atoms with E-state index in [1.807, 2.05) is 31.2 Å². The number of hydrogen-bond donors (Lipinski definition) is 3. The lowest BCUT2D eigenvalue weighted by molar-refractivity contribution is 0.194. The molecule has 4 nitrogen and oxygen atoms in total. The molecule has 0 saturated heterocycles. The van der Waals surface area contributed by atoms with Gasteiger partial charge in [0.05, 0.1) is 0 Å². The van der Waals surface area contributed by atoms with Crippen LogP contribution in [0.1, 0.15) is 24.1 Å². The molecule has 0 heterocycles. The van der Waals surface area contributed by atoms with Gasteiger partial charge in [-0.25, -0.2) is 4.79 Å². The minimum absolute atomic E-state index is 0.0817. The Morgan fingerprint density at radius 1 is 1.57 bits per heavy atom. The quantitative estimate of drug-likeness (QED) is 0.682. The van der Waals surface area contributed by atoms with Crippen molar-refractivity contribution in [3.8, 4) is 0 Å². The Balaban J connectivity index is 2.79. The van der Waals surface area contributed by atoms with E-state index in [1.54, 1.807) is 0 Å². The highest BCUT2D eigenvalue weighted by molar-refractivity contribution is 5.64. The van der Waals surface area contributed by atoms with Crippen molar-refractivity contribution in [2.45, 2.75) is 19.5 Å². The van der Waals surface area contributed by atoms with Crippen molar-refractivity contribution in [3.05, 3.63) is 35.4 Å². The molecule has 1 amide bonds. The van der Waals surface area contributed by atoms with Gasteiger partial charge in [-0.15, -0.1) is 0 Å². The SMILES string of the molecule is CC(N)c1ccccc1CNC(=O)O. The fraction of sp³-hybridized carbons (Fsp3) is 0.300. The van der Waals surface area contributed by atoms with Crippen LogP contribution in [0.25, 0.3) is 0 Å². The Hall–Kier alpha value is -1.55. The van der Waals surface area contributed by atoms with Crippen molar-refractivity contribution < 1.29 is 9.90 Å². The van der Waals surface area contributed by atoms with Crippen LogP contribution in [-0.2, 0) is 6.54 Å². The largest absolute Gasteiger partial charge is 0.465 e. The van der Waals surface area contributed by atoms with E-state index < -0.39 is 6.09 Å². The number of nitrogens with two attached hydrogens (primary N) is 1. The molecule has 0 aliphatic carbocycles. The van der Waals surface area contributed by atoms with Crippen molar-refractivity contribution in [1.82, 2.24) is 5.32 Å². The lowest BCUT2D eigenvalue weighted by atomic mass is 10.0. The van der Waals surface area contributed by atoms with E-state index in [0.717, 1.165) is 11.1 Å². The van der Waals surface area contributed by atoms with E-state index in [0.29, 0.717) is 6.54 Å². The van der Waals surface area contributed by atoms with Gasteiger partial charge < -0.3 is 16.2 Å². The van der Waals surface area contributed by atoms with Gasteiger partial charge in [0.2, 0.25) is 0 Å². The van der Waals surface area contributed by atoms with Crippen LogP contribution in [-0.4, -0.2) is 11.2 Å². The summed E-state index contributed by atoms with van der Waals surface area (Å²) in [6.07, 6.45) is -1.02. The van der Waals surface area contributed by atoms with Crippen LogP contribution in [0, 0.1) is 0 Å². The molecule has 0 aliphatic rings. The van der Waals surface area contributed by atoms with Crippen molar-refractivity contribution in [2.75, 3.05) is 0 Å². The molecule has 1 aromatic rings. The van der Waals surface area contributed by atoms with Crippen molar-refractivity contribution in [2.24, 2.45) is 5.73 Å². The second-order valence-electron chi connectivity index (χ2n) is 3.15. The number of hydrogen-bond acceptors (Lipinski definition) is 2. The van der Waals surface area contributed by atoms with E-state index in [9.17, 15) is 4.79 Å². The van der Waals surface area contributed by atoms with Crippen LogP contribution < -0.4 is 11.1 Å². The van der Waals surface area contributed by atoms with Gasteiger partial charge >= 0.3 is 6.09 Å². The molecule has 4 N–H and O–H groups in total. The average molecular weight is 194 g/mol. The van der Waals surface area contributed by atoms with Gasteiger partial charge in [0.25, 0.3) is 0 Å². The van der Waals surface area contributed by atoms with Crippen molar-refractivity contribution in [1.29, 1.82) is 0 Å². The molecule has 0 radical (unpaired) electrons. The summed E-state index contributed by atoms with van der Waals surface area (Å²) in [5.41, 5.74) is 7.64. The van der Waals surface area contributed by atoms with Crippen LogP contribution in [0.4, 0.5) is 4.79 Å². The first-order valence-electron chi connectivity index (χ1n) is 4.41. The number of benzene rings is 1. The van der Waals surface area contributed by atoms with Gasteiger partial charge in [-0.2, -0.15) is 0 Å². The molecule has 1 rings (SSSR count). The fourth-order valence-corrected chi connectivity index (χ4v) is 1.31. The van der Waals surface area contributed by atoms with E-state index in [2.05, 4.69) is 5.32 Å². The van der Waals surface area contributed by atoms with E-state index in [1.165, 1.54) is 0 Å². The first kappa shape index (κ1) is 10.5. The van der Waals surface area contributed by atoms with Crippen molar-refractivity contribution >= 4 is 6.09 Å². The maximum Gasteiger partial charge on any atom is 0.404 e. The summed E-state index contributed by atoms with van der Waals surface area (Å²) < 4.78 is 0. The maximum absolute atomic E-state index is 10.3. The number of carbonyl (C=O) groups is 1. The Morgan fingerprint density at radius 2 is 2.21 bits per heavy atom. The van der Waals surface area contributed by atoms with Gasteiger partial charge in [0, 0.05) is 12.6 Å². The molecule has 0 aromatic heterocycles. The molecular weight excluding hydrogens is 180 g/mol. The summed E-state index contributed by atoms with van der Waals surface area (Å²) in [6, 6.07) is 7.45. The zero-order chi connectivity index (χ0) is 10.6. The van der Waals surface area contributed by atoms with Gasteiger partial charge in [0.15, 0.2) is 0 Å². The van der Waals surface area contributed by atoms with Crippen LogP contribution >= 0.6 is 0 Å². The summed E-state index contributed by atoms with van der Waals surface area (Å²) in [5.74, 6) is 0. The second kappa shape index (κ2) is 4.62. The molecule has 76 valence electrons. The molecule has 0 fully saturated rings. The zero-order valence-corrected chi connectivity index (χ0v) is 8.03. The first-order chi connectivity index (χ1) is 6.61. The minimum atomic E-state index is -1.02. The molecule has 1 unspecified atom stereocenters. The summed E-state index contributed by atoms with van der Waals surface area (Å²) >= 11 is 0. The van der Waals surface area contributed by atoms with Crippen molar-refractivity contribution in [3.63, 3.8) is 0 Å². The lowest BCUT2D eigenvalue weighted by Crippen LogP contribution is -2.21. The number of rotatable bonds is 3. The highest BCUT2D eigenvalue weighted by Crippen LogP contribution is 2.14. The van der Waals surface area contributed by atoms with E-state index in [-0.39, 0.29) is 6.04 Å². The molecule has 0 saturated carbocycles. The summed E-state index contributed by atoms with van der Waals surface area (Å²) in [4.78, 5) is 10.3. The van der Waals surface area contributed by atoms with Gasteiger partial charge in [-0.1, -0.05) is 24.3 Å². The third kappa shape index (κ3) is 2.74. The van der Waals surface area contributed by atoms with Crippen LogP contribution in [0.2, 0.25) is 0 Å². The second-order valence-corrected chi connectivity index (χ2v) is 3.15. The molecule has 0 bridgehead atoms. The molecule has 0 spiro atoms. The Bertz CT molecular complexity index is 324. The highest BCUT2D eigenvalue weighted by Gasteiger charge is 2.06.